The van der Waals surface area contributed by atoms with Gasteiger partial charge in [0.25, 0.3) is 0 Å². The summed E-state index contributed by atoms with van der Waals surface area (Å²) in [6, 6.07) is 21.8. The third-order valence-corrected chi connectivity index (χ3v) is 5.61. The first-order valence-corrected chi connectivity index (χ1v) is 11.2. The average Bonchev–Trinajstić information content (AvgIpc) is 3.29. The summed E-state index contributed by atoms with van der Waals surface area (Å²) < 4.78 is 20.8. The number of urea groups is 1. The zero-order chi connectivity index (χ0) is 23.9. The number of hydrogen-bond acceptors (Lipinski definition) is 6. The van der Waals surface area contributed by atoms with Gasteiger partial charge in [0.2, 0.25) is 5.91 Å². The van der Waals surface area contributed by atoms with Crippen molar-refractivity contribution in [2.45, 2.75) is 5.16 Å². The largest absolute Gasteiger partial charge is 0.497 e. The zero-order valence-electron chi connectivity index (χ0n) is 18.1. The smallest absolute Gasteiger partial charge is 0.325 e. The SMILES string of the molecule is COc1cccc(-c2nnc(SCC(=O)NC(=O)Nc3ccccc3F)n2-c2ccccc2)c1. The quantitative estimate of drug-likeness (QED) is 0.380. The lowest BCUT2D eigenvalue weighted by molar-refractivity contribution is -0.117. The molecule has 10 heteroatoms. The van der Waals surface area contributed by atoms with E-state index in [1.54, 1.807) is 13.2 Å². The molecular weight excluding hydrogens is 457 g/mol. The molecule has 3 aromatic carbocycles. The first-order valence-electron chi connectivity index (χ1n) is 10.2. The van der Waals surface area contributed by atoms with E-state index < -0.39 is 17.8 Å². The van der Waals surface area contributed by atoms with Gasteiger partial charge in [0.05, 0.1) is 18.6 Å². The van der Waals surface area contributed by atoms with E-state index >= 15 is 0 Å². The number of nitrogens with zero attached hydrogens (tertiary/aromatic N) is 3. The molecule has 1 aromatic heterocycles. The highest BCUT2D eigenvalue weighted by molar-refractivity contribution is 7.99. The summed E-state index contributed by atoms with van der Waals surface area (Å²) in [7, 11) is 1.59. The first kappa shape index (κ1) is 23.0. The van der Waals surface area contributed by atoms with Gasteiger partial charge in [-0.15, -0.1) is 10.2 Å². The summed E-state index contributed by atoms with van der Waals surface area (Å²) in [6.45, 7) is 0. The molecule has 172 valence electrons. The molecule has 8 nitrogen and oxygen atoms in total. The van der Waals surface area contributed by atoms with E-state index in [1.807, 2.05) is 59.2 Å². The monoisotopic (exact) mass is 477 g/mol. The number of para-hydroxylation sites is 2. The van der Waals surface area contributed by atoms with E-state index in [-0.39, 0.29) is 11.4 Å². The number of benzene rings is 3. The maximum atomic E-state index is 13.7. The second-order valence-electron chi connectivity index (χ2n) is 6.98. The number of thioether (sulfide) groups is 1. The summed E-state index contributed by atoms with van der Waals surface area (Å²) in [5.41, 5.74) is 1.58. The molecule has 3 amide bonds. The second-order valence-corrected chi connectivity index (χ2v) is 7.92. The van der Waals surface area contributed by atoms with Crippen LogP contribution in [0.3, 0.4) is 0 Å². The Labute approximate surface area is 199 Å². The van der Waals surface area contributed by atoms with Crippen LogP contribution < -0.4 is 15.4 Å². The van der Waals surface area contributed by atoms with Crippen LogP contribution in [-0.2, 0) is 4.79 Å². The number of anilines is 1. The van der Waals surface area contributed by atoms with Gasteiger partial charge >= 0.3 is 6.03 Å². The lowest BCUT2D eigenvalue weighted by Gasteiger charge is -2.11. The van der Waals surface area contributed by atoms with Gasteiger partial charge < -0.3 is 10.1 Å². The number of methoxy groups -OCH3 is 1. The molecule has 2 N–H and O–H groups in total. The fourth-order valence-electron chi connectivity index (χ4n) is 3.13. The van der Waals surface area contributed by atoms with Gasteiger partial charge in [-0.25, -0.2) is 9.18 Å². The Bertz CT molecular complexity index is 1310. The molecule has 0 bridgehead atoms. The number of carbonyl (C=O) groups excluding carboxylic acids is 2. The van der Waals surface area contributed by atoms with Gasteiger partial charge in [-0.1, -0.05) is 54.2 Å². The maximum absolute atomic E-state index is 13.7. The molecule has 0 radical (unpaired) electrons. The molecule has 0 unspecified atom stereocenters. The van der Waals surface area contributed by atoms with E-state index in [0.717, 1.165) is 23.0 Å². The van der Waals surface area contributed by atoms with Crippen LogP contribution in [-0.4, -0.2) is 39.6 Å². The van der Waals surface area contributed by atoms with Crippen molar-refractivity contribution < 1.29 is 18.7 Å². The molecule has 0 fully saturated rings. The normalized spacial score (nSPS) is 10.5. The molecule has 0 aliphatic heterocycles. The fraction of sp³-hybridized carbons (Fsp3) is 0.0833. The summed E-state index contributed by atoms with van der Waals surface area (Å²) in [5, 5.41) is 13.6. The summed E-state index contributed by atoms with van der Waals surface area (Å²) in [4.78, 5) is 24.4. The molecule has 0 saturated heterocycles. The van der Waals surface area contributed by atoms with Crippen molar-refractivity contribution in [1.82, 2.24) is 20.1 Å². The average molecular weight is 478 g/mol. The lowest BCUT2D eigenvalue weighted by Crippen LogP contribution is -2.35. The predicted molar refractivity (Wildman–Crippen MR) is 128 cm³/mol. The molecule has 0 saturated carbocycles. The van der Waals surface area contributed by atoms with Crippen LogP contribution in [0.2, 0.25) is 0 Å². The van der Waals surface area contributed by atoms with Crippen molar-refractivity contribution in [3.05, 3.63) is 84.7 Å². The molecule has 4 aromatic rings. The molecule has 34 heavy (non-hydrogen) atoms. The maximum Gasteiger partial charge on any atom is 0.325 e. The lowest BCUT2D eigenvalue weighted by atomic mass is 10.2. The Hall–Kier alpha value is -4.18. The van der Waals surface area contributed by atoms with Gasteiger partial charge in [-0.05, 0) is 36.4 Å². The summed E-state index contributed by atoms with van der Waals surface area (Å²) >= 11 is 1.12. The van der Waals surface area contributed by atoms with Crippen LogP contribution >= 0.6 is 11.8 Å². The van der Waals surface area contributed by atoms with Crippen LogP contribution in [0.5, 0.6) is 5.75 Å². The first-order chi connectivity index (χ1) is 16.5. The van der Waals surface area contributed by atoms with Crippen LogP contribution in [0.1, 0.15) is 0 Å². The van der Waals surface area contributed by atoms with Crippen LogP contribution in [0, 0.1) is 5.82 Å². The molecule has 0 spiro atoms. The Kier molecular flexibility index (Phi) is 7.19. The molecule has 4 rings (SSSR count). The van der Waals surface area contributed by atoms with E-state index in [0.29, 0.717) is 16.7 Å². The van der Waals surface area contributed by atoms with Crippen molar-refractivity contribution in [2.24, 2.45) is 0 Å². The fourth-order valence-corrected chi connectivity index (χ4v) is 3.88. The van der Waals surface area contributed by atoms with E-state index in [4.69, 9.17) is 4.74 Å². The van der Waals surface area contributed by atoms with Crippen molar-refractivity contribution in [2.75, 3.05) is 18.2 Å². The van der Waals surface area contributed by atoms with Gasteiger partial charge in [0, 0.05) is 11.3 Å². The molecule has 1 heterocycles. The number of imide groups is 1. The molecule has 0 aliphatic rings. The van der Waals surface area contributed by atoms with Gasteiger partial charge in [0.15, 0.2) is 11.0 Å². The van der Waals surface area contributed by atoms with Gasteiger partial charge in [-0.3, -0.25) is 14.7 Å². The number of hydrogen-bond donors (Lipinski definition) is 2. The minimum absolute atomic E-state index is 0.0211. The number of ether oxygens (including phenoxy) is 1. The highest BCUT2D eigenvalue weighted by atomic mass is 32.2. The number of rotatable bonds is 7. The van der Waals surface area contributed by atoms with E-state index in [2.05, 4.69) is 20.8 Å². The van der Waals surface area contributed by atoms with Crippen molar-refractivity contribution in [3.8, 4) is 22.8 Å². The number of nitrogens with one attached hydrogen (secondary N) is 2. The predicted octanol–water partition coefficient (Wildman–Crippen LogP) is 4.52. The zero-order valence-corrected chi connectivity index (χ0v) is 18.9. The topological polar surface area (TPSA) is 98.1 Å². The number of halogens is 1. The van der Waals surface area contributed by atoms with Crippen LogP contribution in [0.4, 0.5) is 14.9 Å². The molecule has 0 aliphatic carbocycles. The Morgan fingerprint density at radius 2 is 1.76 bits per heavy atom. The summed E-state index contributed by atoms with van der Waals surface area (Å²) in [6.07, 6.45) is 0. The van der Waals surface area contributed by atoms with Crippen LogP contribution in [0.15, 0.2) is 84.0 Å². The number of aromatic nitrogens is 3. The Morgan fingerprint density at radius 3 is 2.53 bits per heavy atom. The molecular formula is C24H20FN5O3S. The number of carbonyl (C=O) groups is 2. The van der Waals surface area contributed by atoms with Crippen molar-refractivity contribution >= 4 is 29.4 Å². The Balaban J connectivity index is 1.50. The van der Waals surface area contributed by atoms with Gasteiger partial charge in [-0.2, -0.15) is 0 Å². The number of amides is 3. The highest BCUT2D eigenvalue weighted by Crippen LogP contribution is 2.29. The second kappa shape index (κ2) is 10.6. The van der Waals surface area contributed by atoms with Gasteiger partial charge in [0.1, 0.15) is 11.6 Å². The van der Waals surface area contributed by atoms with Crippen LogP contribution in [0.25, 0.3) is 17.1 Å². The third-order valence-electron chi connectivity index (χ3n) is 4.68. The highest BCUT2D eigenvalue weighted by Gasteiger charge is 2.18. The minimum atomic E-state index is -0.822. The Morgan fingerprint density at radius 1 is 1.00 bits per heavy atom. The summed E-state index contributed by atoms with van der Waals surface area (Å²) in [5.74, 6) is -0.0157. The van der Waals surface area contributed by atoms with Crippen molar-refractivity contribution in [1.29, 1.82) is 0 Å². The molecule has 0 atom stereocenters. The van der Waals surface area contributed by atoms with E-state index in [9.17, 15) is 14.0 Å². The minimum Gasteiger partial charge on any atom is -0.497 e. The third kappa shape index (κ3) is 5.41. The standard InChI is InChI=1S/C24H20FN5O3S/c1-33-18-11-7-8-16(14-18)22-28-29-24(30(22)17-9-3-2-4-10-17)34-15-21(31)27-23(32)26-20-13-6-5-12-19(20)25/h2-14H,15H2,1H3,(H2,26,27,31,32). The van der Waals surface area contributed by atoms with Crippen molar-refractivity contribution in [3.63, 3.8) is 0 Å². The van der Waals surface area contributed by atoms with E-state index in [1.165, 1.54) is 18.2 Å².